The molecule has 0 amide bonds. The average molecular weight is 210 g/mol. The van der Waals surface area contributed by atoms with Crippen molar-refractivity contribution in [3.8, 4) is 0 Å². The van der Waals surface area contributed by atoms with E-state index in [0.717, 1.165) is 18.7 Å². The number of rotatable bonds is 3. The Morgan fingerprint density at radius 2 is 2.00 bits per heavy atom. The van der Waals surface area contributed by atoms with Gasteiger partial charge in [0, 0.05) is 31.5 Å². The van der Waals surface area contributed by atoms with Gasteiger partial charge in [0.1, 0.15) is 0 Å². The van der Waals surface area contributed by atoms with Crippen LogP contribution < -0.4 is 5.14 Å². The van der Waals surface area contributed by atoms with Crippen LogP contribution in [0.2, 0.25) is 0 Å². The summed E-state index contributed by atoms with van der Waals surface area (Å²) in [6, 6.07) is 0. The van der Waals surface area contributed by atoms with Crippen molar-refractivity contribution < 1.29 is 8.78 Å². The maximum absolute atomic E-state index is 12.8. The molecule has 0 aromatic heterocycles. The summed E-state index contributed by atoms with van der Waals surface area (Å²) in [7, 11) is 1.89. The largest absolute Gasteiger partial charge is 0.264 e. The lowest BCUT2D eigenvalue weighted by Gasteiger charge is -2.30. The van der Waals surface area contributed by atoms with Crippen LogP contribution >= 0.6 is 12.1 Å². The normalized spacial score (nSPS) is 23.8. The van der Waals surface area contributed by atoms with Crippen molar-refractivity contribution in [2.75, 3.05) is 13.6 Å². The zero-order valence-electron chi connectivity index (χ0n) is 7.80. The summed E-state index contributed by atoms with van der Waals surface area (Å²) in [5.74, 6) is -2.02. The zero-order valence-corrected chi connectivity index (χ0v) is 8.62. The molecule has 2 nitrogen and oxygen atoms in total. The molecule has 2 N–H and O–H groups in total. The molecule has 0 atom stereocenters. The second-order valence-corrected chi connectivity index (χ2v) is 4.55. The first-order chi connectivity index (χ1) is 6.03. The highest BCUT2D eigenvalue weighted by Crippen LogP contribution is 2.36. The van der Waals surface area contributed by atoms with Crippen LogP contribution in [0.5, 0.6) is 0 Å². The Morgan fingerprint density at radius 1 is 1.46 bits per heavy atom. The molecule has 1 fully saturated rings. The quantitative estimate of drug-likeness (QED) is 0.724. The second kappa shape index (κ2) is 4.57. The molecule has 1 saturated carbocycles. The minimum atomic E-state index is -2.41. The van der Waals surface area contributed by atoms with E-state index in [1.54, 1.807) is 0 Å². The molecule has 0 unspecified atom stereocenters. The van der Waals surface area contributed by atoms with Gasteiger partial charge in [-0.25, -0.2) is 13.1 Å². The molecule has 0 bridgehead atoms. The SMILES string of the molecule is CN(CC1CCC(F)(F)CC1)SN. The third-order valence-corrected chi connectivity index (χ3v) is 3.04. The Labute approximate surface area is 82.1 Å². The van der Waals surface area contributed by atoms with Crippen molar-refractivity contribution >= 4 is 12.1 Å². The summed E-state index contributed by atoms with van der Waals surface area (Å²) in [6.07, 6.45) is 1.33. The molecule has 0 saturated heterocycles. The van der Waals surface area contributed by atoms with Gasteiger partial charge < -0.3 is 0 Å². The summed E-state index contributed by atoms with van der Waals surface area (Å²) in [5.41, 5.74) is 0. The van der Waals surface area contributed by atoms with Gasteiger partial charge >= 0.3 is 0 Å². The topological polar surface area (TPSA) is 29.3 Å². The lowest BCUT2D eigenvalue weighted by molar-refractivity contribution is -0.0465. The summed E-state index contributed by atoms with van der Waals surface area (Å²) < 4.78 is 27.4. The van der Waals surface area contributed by atoms with E-state index < -0.39 is 5.92 Å². The van der Waals surface area contributed by atoms with Crippen molar-refractivity contribution in [2.24, 2.45) is 11.1 Å². The Kier molecular flexibility index (Phi) is 3.94. The summed E-state index contributed by atoms with van der Waals surface area (Å²) in [5, 5.41) is 5.34. The van der Waals surface area contributed by atoms with E-state index in [2.05, 4.69) is 0 Å². The first kappa shape index (κ1) is 11.2. The van der Waals surface area contributed by atoms with Crippen molar-refractivity contribution in [2.45, 2.75) is 31.6 Å². The number of nitrogens with zero attached hydrogens (tertiary/aromatic N) is 1. The highest BCUT2D eigenvalue weighted by Gasteiger charge is 2.34. The van der Waals surface area contributed by atoms with Crippen LogP contribution in [-0.4, -0.2) is 23.8 Å². The molecule has 0 heterocycles. The molecule has 13 heavy (non-hydrogen) atoms. The third kappa shape index (κ3) is 3.79. The first-order valence-corrected chi connectivity index (χ1v) is 5.33. The fraction of sp³-hybridized carbons (Fsp3) is 1.00. The van der Waals surface area contributed by atoms with E-state index in [1.807, 2.05) is 11.4 Å². The van der Waals surface area contributed by atoms with Gasteiger partial charge in [-0.2, -0.15) is 0 Å². The van der Waals surface area contributed by atoms with Crippen LogP contribution in [0.25, 0.3) is 0 Å². The fourth-order valence-electron chi connectivity index (χ4n) is 1.69. The van der Waals surface area contributed by atoms with Crippen LogP contribution in [0.4, 0.5) is 8.78 Å². The Hall–Kier alpha value is 0.130. The minimum absolute atomic E-state index is 0.0424. The predicted molar refractivity (Wildman–Crippen MR) is 51.3 cm³/mol. The monoisotopic (exact) mass is 210 g/mol. The van der Waals surface area contributed by atoms with Gasteiger partial charge in [-0.05, 0) is 25.8 Å². The summed E-state index contributed by atoms with van der Waals surface area (Å²) in [6.45, 7) is 0.817. The van der Waals surface area contributed by atoms with Crippen LogP contribution in [0.15, 0.2) is 0 Å². The molecule has 0 aromatic carbocycles. The third-order valence-electron chi connectivity index (χ3n) is 2.53. The van der Waals surface area contributed by atoms with Gasteiger partial charge in [0.25, 0.3) is 0 Å². The Morgan fingerprint density at radius 3 is 2.46 bits per heavy atom. The number of alkyl halides is 2. The predicted octanol–water partition coefficient (Wildman–Crippen LogP) is 2.27. The van der Waals surface area contributed by atoms with Gasteiger partial charge in [-0.1, -0.05) is 0 Å². The number of hydrogen-bond donors (Lipinski definition) is 1. The number of nitrogens with two attached hydrogens (primary N) is 1. The number of hydrogen-bond acceptors (Lipinski definition) is 3. The van der Waals surface area contributed by atoms with Gasteiger partial charge in [0.2, 0.25) is 5.92 Å². The summed E-state index contributed by atoms with van der Waals surface area (Å²) in [4.78, 5) is 0. The van der Waals surface area contributed by atoms with E-state index in [-0.39, 0.29) is 12.8 Å². The molecule has 5 heteroatoms. The maximum atomic E-state index is 12.8. The van der Waals surface area contributed by atoms with E-state index in [9.17, 15) is 8.78 Å². The lowest BCUT2D eigenvalue weighted by Crippen LogP contribution is -2.30. The Balaban J connectivity index is 2.25. The van der Waals surface area contributed by atoms with E-state index in [1.165, 1.54) is 0 Å². The first-order valence-electron chi connectivity index (χ1n) is 4.49. The second-order valence-electron chi connectivity index (χ2n) is 3.72. The molecule has 1 rings (SSSR count). The molecule has 78 valence electrons. The molecular formula is C8H16F2N2S. The molecule has 0 radical (unpaired) electrons. The zero-order chi connectivity index (χ0) is 9.90. The van der Waals surface area contributed by atoms with Crippen LogP contribution in [-0.2, 0) is 0 Å². The molecule has 1 aliphatic carbocycles. The highest BCUT2D eigenvalue weighted by atomic mass is 32.2. The standard InChI is InChI=1S/C8H16F2N2S/c1-12(13-11)6-7-2-4-8(9,10)5-3-7/h7H,2-6,11H2,1H3. The van der Waals surface area contributed by atoms with E-state index >= 15 is 0 Å². The minimum Gasteiger partial charge on any atom is -0.264 e. The van der Waals surface area contributed by atoms with Crippen molar-refractivity contribution in [3.63, 3.8) is 0 Å². The molecule has 0 spiro atoms. The van der Waals surface area contributed by atoms with Gasteiger partial charge in [-0.3, -0.25) is 5.14 Å². The van der Waals surface area contributed by atoms with Gasteiger partial charge in [0.05, 0.1) is 0 Å². The van der Waals surface area contributed by atoms with Gasteiger partial charge in [-0.15, -0.1) is 0 Å². The summed E-state index contributed by atoms with van der Waals surface area (Å²) >= 11 is 1.16. The smallest absolute Gasteiger partial charge is 0.248 e. The van der Waals surface area contributed by atoms with Gasteiger partial charge in [0.15, 0.2) is 0 Å². The molecule has 0 aliphatic heterocycles. The average Bonchev–Trinajstić information content (AvgIpc) is 2.08. The fourth-order valence-corrected chi connectivity index (χ4v) is 1.99. The Bertz CT molecular complexity index is 156. The molecule has 1 aliphatic rings. The van der Waals surface area contributed by atoms with Crippen LogP contribution in [0.3, 0.4) is 0 Å². The highest BCUT2D eigenvalue weighted by molar-refractivity contribution is 7.94. The van der Waals surface area contributed by atoms with Crippen molar-refractivity contribution in [1.29, 1.82) is 0 Å². The maximum Gasteiger partial charge on any atom is 0.248 e. The van der Waals surface area contributed by atoms with Crippen molar-refractivity contribution in [3.05, 3.63) is 0 Å². The lowest BCUT2D eigenvalue weighted by atomic mass is 9.87. The van der Waals surface area contributed by atoms with Crippen LogP contribution in [0.1, 0.15) is 25.7 Å². The number of halogens is 2. The van der Waals surface area contributed by atoms with E-state index in [0.29, 0.717) is 18.8 Å². The van der Waals surface area contributed by atoms with Crippen LogP contribution in [0, 0.1) is 5.92 Å². The van der Waals surface area contributed by atoms with E-state index in [4.69, 9.17) is 5.14 Å². The van der Waals surface area contributed by atoms with Crippen molar-refractivity contribution in [1.82, 2.24) is 4.31 Å². The molecule has 0 aromatic rings. The molecular weight excluding hydrogens is 194 g/mol.